The number of likely N-dealkylation sites (N-methyl/N-ethyl adjacent to an activating group) is 1. The van der Waals surface area contributed by atoms with Gasteiger partial charge in [0.15, 0.2) is 0 Å². The quantitative estimate of drug-likeness (QED) is 0.476. The van der Waals surface area contributed by atoms with Gasteiger partial charge in [-0.3, -0.25) is 15.0 Å². The van der Waals surface area contributed by atoms with E-state index in [9.17, 15) is 10.1 Å². The molecule has 25 heavy (non-hydrogen) atoms. The maximum absolute atomic E-state index is 11.0. The largest absolute Gasteiger partial charge is 0.324 e. The zero-order chi connectivity index (χ0) is 17.9. The van der Waals surface area contributed by atoms with E-state index in [-0.39, 0.29) is 16.7 Å². The summed E-state index contributed by atoms with van der Waals surface area (Å²) in [6.07, 6.45) is 0. The summed E-state index contributed by atoms with van der Waals surface area (Å²) in [5.74, 6) is 0. The van der Waals surface area contributed by atoms with E-state index in [0.29, 0.717) is 0 Å². The molecule has 0 amide bonds. The molecule has 0 N–H and O–H groups in total. The molecule has 0 saturated carbocycles. The van der Waals surface area contributed by atoms with Gasteiger partial charge in [0.1, 0.15) is 0 Å². The highest BCUT2D eigenvalue weighted by Gasteiger charge is 2.32. The topological polar surface area (TPSA) is 46.4 Å². The number of nitro groups is 1. The number of piperazine rings is 1. The van der Waals surface area contributed by atoms with Gasteiger partial charge in [-0.05, 0) is 18.1 Å². The molecule has 1 unspecified atom stereocenters. The fourth-order valence-corrected chi connectivity index (χ4v) is 3.57. The first-order valence-corrected chi connectivity index (χ1v) is 8.89. The van der Waals surface area contributed by atoms with Gasteiger partial charge in [-0.15, -0.1) is 0 Å². The molecule has 0 bridgehead atoms. The fraction of sp³-hybridized carbons (Fsp3) is 0.400. The van der Waals surface area contributed by atoms with E-state index in [2.05, 4.69) is 43.1 Å². The lowest BCUT2D eigenvalue weighted by atomic mass is 9.96. The summed E-state index contributed by atoms with van der Waals surface area (Å²) < 4.78 is 1.11. The smallest absolute Gasteiger partial charge is 0.269 e. The molecule has 1 aliphatic heterocycles. The van der Waals surface area contributed by atoms with Crippen LogP contribution in [-0.2, 0) is 0 Å². The molecule has 1 fully saturated rings. The zero-order valence-electron chi connectivity index (χ0n) is 15.0. The second-order valence-electron chi connectivity index (χ2n) is 7.08. The third-order valence-corrected chi connectivity index (χ3v) is 5.52. The Labute approximate surface area is 149 Å². The Hall–Kier alpha value is -2.24. The van der Waals surface area contributed by atoms with Crippen molar-refractivity contribution < 1.29 is 9.41 Å². The molecule has 0 aromatic heterocycles. The van der Waals surface area contributed by atoms with Crippen molar-refractivity contribution >= 4 is 5.69 Å². The Morgan fingerprint density at radius 1 is 1.04 bits per heavy atom. The van der Waals surface area contributed by atoms with Crippen molar-refractivity contribution in [3.63, 3.8) is 0 Å². The Bertz CT molecular complexity index is 707. The molecule has 1 atom stereocenters. The van der Waals surface area contributed by atoms with Gasteiger partial charge in [-0.1, -0.05) is 42.5 Å². The highest BCUT2D eigenvalue weighted by molar-refractivity contribution is 5.38. The van der Waals surface area contributed by atoms with Crippen molar-refractivity contribution in [1.29, 1.82) is 0 Å². The van der Waals surface area contributed by atoms with Crippen LogP contribution in [0.4, 0.5) is 5.69 Å². The predicted octanol–water partition coefficient (Wildman–Crippen LogP) is 3.47. The number of nitrogens with zero attached hydrogens (tertiary/aromatic N) is 3. The van der Waals surface area contributed by atoms with E-state index in [1.54, 1.807) is 12.1 Å². The van der Waals surface area contributed by atoms with Crippen molar-refractivity contribution in [2.75, 3.05) is 39.8 Å². The van der Waals surface area contributed by atoms with Gasteiger partial charge in [-0.2, -0.15) is 0 Å². The molecule has 132 valence electrons. The average Bonchev–Trinajstić information content (AvgIpc) is 2.65. The molecule has 0 aliphatic carbocycles. The number of non-ortho nitro benzene ring substituents is 1. The van der Waals surface area contributed by atoms with Crippen molar-refractivity contribution in [2.24, 2.45) is 0 Å². The van der Waals surface area contributed by atoms with Crippen LogP contribution in [0.3, 0.4) is 0 Å². The maximum Gasteiger partial charge on any atom is 0.269 e. The van der Waals surface area contributed by atoms with E-state index < -0.39 is 0 Å². The minimum Gasteiger partial charge on any atom is -0.324 e. The van der Waals surface area contributed by atoms with Crippen LogP contribution in [0.25, 0.3) is 0 Å². The molecule has 2 aromatic rings. The molecule has 1 heterocycles. The van der Waals surface area contributed by atoms with E-state index in [1.807, 2.05) is 18.2 Å². The third-order valence-electron chi connectivity index (χ3n) is 5.52. The first kappa shape index (κ1) is 17.6. The third kappa shape index (κ3) is 3.89. The monoisotopic (exact) mass is 340 g/mol. The number of nitro benzene ring substituents is 1. The van der Waals surface area contributed by atoms with Crippen LogP contribution in [0.1, 0.15) is 24.1 Å². The van der Waals surface area contributed by atoms with Gasteiger partial charge in [0.05, 0.1) is 37.6 Å². The fourth-order valence-electron chi connectivity index (χ4n) is 3.57. The second kappa shape index (κ2) is 7.33. The Morgan fingerprint density at radius 2 is 1.60 bits per heavy atom. The lowest BCUT2D eigenvalue weighted by Gasteiger charge is -2.44. The zero-order valence-corrected chi connectivity index (χ0v) is 15.0. The first-order valence-electron chi connectivity index (χ1n) is 8.89. The van der Waals surface area contributed by atoms with Crippen molar-refractivity contribution in [3.8, 4) is 0 Å². The van der Waals surface area contributed by atoms with Gasteiger partial charge >= 0.3 is 0 Å². The molecular formula is C20H26N3O2+. The Kier molecular flexibility index (Phi) is 5.16. The number of quaternary nitrogens is 1. The van der Waals surface area contributed by atoms with Crippen molar-refractivity contribution in [1.82, 2.24) is 4.90 Å². The molecule has 2 aromatic carbocycles. The van der Waals surface area contributed by atoms with E-state index in [0.717, 1.165) is 42.8 Å². The minimum absolute atomic E-state index is 0.143. The summed E-state index contributed by atoms with van der Waals surface area (Å²) in [4.78, 5) is 13.1. The van der Waals surface area contributed by atoms with Crippen molar-refractivity contribution in [2.45, 2.75) is 13.0 Å². The molecule has 1 aliphatic rings. The first-order chi connectivity index (χ1) is 12.0. The molecule has 5 heteroatoms. The highest BCUT2D eigenvalue weighted by atomic mass is 16.6. The van der Waals surface area contributed by atoms with E-state index >= 15 is 0 Å². The van der Waals surface area contributed by atoms with Gasteiger partial charge in [0, 0.05) is 25.2 Å². The minimum atomic E-state index is -0.341. The summed E-state index contributed by atoms with van der Waals surface area (Å²) in [7, 11) is 2.32. The van der Waals surface area contributed by atoms with Crippen LogP contribution in [0.15, 0.2) is 54.6 Å². The summed E-state index contributed by atoms with van der Waals surface area (Å²) in [5, 5.41) is 11.0. The lowest BCUT2D eigenvalue weighted by Crippen LogP contribution is -2.57. The average molecular weight is 340 g/mol. The van der Waals surface area contributed by atoms with E-state index in [4.69, 9.17) is 0 Å². The maximum atomic E-state index is 11.0. The normalized spacial score (nSPS) is 18.6. The summed E-state index contributed by atoms with van der Waals surface area (Å²) in [6, 6.07) is 17.6. The SMILES string of the molecule is CC[N+]1(C)CCN(C(c2ccccc2)c2ccc([N+](=O)[O-])cc2)CC1. The number of rotatable bonds is 5. The Morgan fingerprint density at radius 3 is 2.12 bits per heavy atom. The number of benzene rings is 2. The highest BCUT2D eigenvalue weighted by Crippen LogP contribution is 2.31. The van der Waals surface area contributed by atoms with E-state index in [1.165, 1.54) is 5.56 Å². The summed E-state index contributed by atoms with van der Waals surface area (Å²) in [5.41, 5.74) is 2.50. The number of hydrogen-bond donors (Lipinski definition) is 0. The lowest BCUT2D eigenvalue weighted by molar-refractivity contribution is -0.912. The van der Waals surface area contributed by atoms with Crippen LogP contribution in [0.5, 0.6) is 0 Å². The van der Waals surface area contributed by atoms with Gasteiger partial charge < -0.3 is 4.48 Å². The van der Waals surface area contributed by atoms with Gasteiger partial charge in [0.2, 0.25) is 0 Å². The van der Waals surface area contributed by atoms with Crippen LogP contribution < -0.4 is 0 Å². The molecule has 0 spiro atoms. The standard InChI is InChI=1S/C20H26N3O2/c1-3-23(2)15-13-21(14-16-23)20(17-7-5-4-6-8-17)18-9-11-19(12-10-18)22(24)25/h4-12,20H,3,13-16H2,1-2H3/q+1. The molecular weight excluding hydrogens is 314 g/mol. The molecule has 1 saturated heterocycles. The number of hydrogen-bond acceptors (Lipinski definition) is 3. The second-order valence-corrected chi connectivity index (χ2v) is 7.08. The molecule has 0 radical (unpaired) electrons. The van der Waals surface area contributed by atoms with Crippen LogP contribution in [-0.4, -0.2) is 54.1 Å². The van der Waals surface area contributed by atoms with Gasteiger partial charge in [-0.25, -0.2) is 0 Å². The van der Waals surface area contributed by atoms with Crippen LogP contribution >= 0.6 is 0 Å². The molecule has 3 rings (SSSR count). The molecule has 5 nitrogen and oxygen atoms in total. The van der Waals surface area contributed by atoms with Gasteiger partial charge in [0.25, 0.3) is 5.69 Å². The summed E-state index contributed by atoms with van der Waals surface area (Å²) in [6.45, 7) is 7.73. The van der Waals surface area contributed by atoms with Crippen LogP contribution in [0.2, 0.25) is 0 Å². The van der Waals surface area contributed by atoms with Crippen molar-refractivity contribution in [3.05, 3.63) is 75.8 Å². The Balaban J connectivity index is 1.90. The predicted molar refractivity (Wildman–Crippen MR) is 99.4 cm³/mol. The van der Waals surface area contributed by atoms with Crippen LogP contribution in [0, 0.1) is 10.1 Å². The summed E-state index contributed by atoms with van der Waals surface area (Å²) >= 11 is 0.